The first kappa shape index (κ1) is 9.67. The third-order valence-electron chi connectivity index (χ3n) is 1.73. The fourth-order valence-electron chi connectivity index (χ4n) is 1.09. The maximum atomic E-state index is 9.31. The SMILES string of the molecule is C[C@@H](O)Cc1ccc(O)c(O)c1O. The van der Waals surface area contributed by atoms with Gasteiger partial charge in [0.05, 0.1) is 6.10 Å². The Bertz CT molecular complexity index is 307. The van der Waals surface area contributed by atoms with Gasteiger partial charge >= 0.3 is 0 Å². The molecule has 0 aliphatic carbocycles. The number of hydrogen-bond acceptors (Lipinski definition) is 4. The highest BCUT2D eigenvalue weighted by Crippen LogP contribution is 2.37. The summed E-state index contributed by atoms with van der Waals surface area (Å²) in [6.07, 6.45) is -0.366. The molecular formula is C9H12O4. The van der Waals surface area contributed by atoms with Crippen molar-refractivity contribution in [3.05, 3.63) is 17.7 Å². The van der Waals surface area contributed by atoms with Gasteiger partial charge in [0.15, 0.2) is 11.5 Å². The molecule has 0 heterocycles. The van der Waals surface area contributed by atoms with Crippen LogP contribution >= 0.6 is 0 Å². The van der Waals surface area contributed by atoms with E-state index in [4.69, 9.17) is 15.3 Å². The second kappa shape index (κ2) is 3.53. The van der Waals surface area contributed by atoms with Gasteiger partial charge in [0.25, 0.3) is 0 Å². The minimum Gasteiger partial charge on any atom is -0.504 e. The molecule has 0 saturated carbocycles. The van der Waals surface area contributed by atoms with Gasteiger partial charge in [0.1, 0.15) is 0 Å². The zero-order chi connectivity index (χ0) is 10.0. The van der Waals surface area contributed by atoms with Crippen molar-refractivity contribution in [1.82, 2.24) is 0 Å². The van der Waals surface area contributed by atoms with Crippen molar-refractivity contribution in [1.29, 1.82) is 0 Å². The Labute approximate surface area is 75.7 Å². The number of phenols is 3. The van der Waals surface area contributed by atoms with Gasteiger partial charge in [-0.25, -0.2) is 0 Å². The minimum absolute atomic E-state index is 0.236. The average molecular weight is 184 g/mol. The van der Waals surface area contributed by atoms with Crippen LogP contribution in [0.4, 0.5) is 0 Å². The topological polar surface area (TPSA) is 80.9 Å². The van der Waals surface area contributed by atoms with Crippen LogP contribution in [0.3, 0.4) is 0 Å². The van der Waals surface area contributed by atoms with Gasteiger partial charge in [0.2, 0.25) is 5.75 Å². The first-order valence-electron chi connectivity index (χ1n) is 3.93. The summed E-state index contributed by atoms with van der Waals surface area (Å²) in [4.78, 5) is 0. The summed E-state index contributed by atoms with van der Waals surface area (Å²) in [6, 6.07) is 2.73. The largest absolute Gasteiger partial charge is 0.504 e. The molecule has 0 aliphatic heterocycles. The van der Waals surface area contributed by atoms with E-state index in [1.54, 1.807) is 6.92 Å². The molecule has 1 atom stereocenters. The minimum atomic E-state index is -0.602. The van der Waals surface area contributed by atoms with Crippen molar-refractivity contribution in [2.24, 2.45) is 0 Å². The van der Waals surface area contributed by atoms with Crippen molar-refractivity contribution >= 4 is 0 Å². The molecule has 13 heavy (non-hydrogen) atoms. The summed E-state index contributed by atoms with van der Waals surface area (Å²) in [5.41, 5.74) is 0.408. The van der Waals surface area contributed by atoms with Crippen LogP contribution in [0.25, 0.3) is 0 Å². The predicted octanol–water partition coefficient (Wildman–Crippen LogP) is 0.727. The van der Waals surface area contributed by atoms with E-state index in [9.17, 15) is 5.11 Å². The Morgan fingerprint density at radius 1 is 1.15 bits per heavy atom. The van der Waals surface area contributed by atoms with Crippen LogP contribution in [0.5, 0.6) is 17.2 Å². The van der Waals surface area contributed by atoms with Crippen LogP contribution in [-0.4, -0.2) is 26.5 Å². The summed E-state index contributed by atoms with van der Waals surface area (Å²) in [7, 11) is 0. The monoisotopic (exact) mass is 184 g/mol. The highest BCUT2D eigenvalue weighted by molar-refractivity contribution is 5.53. The second-order valence-corrected chi connectivity index (χ2v) is 2.99. The number of hydrogen-bond donors (Lipinski definition) is 4. The van der Waals surface area contributed by atoms with Crippen molar-refractivity contribution in [2.45, 2.75) is 19.4 Å². The Morgan fingerprint density at radius 2 is 1.77 bits per heavy atom. The lowest BCUT2D eigenvalue weighted by molar-refractivity contribution is 0.194. The van der Waals surface area contributed by atoms with E-state index in [1.165, 1.54) is 12.1 Å². The zero-order valence-corrected chi connectivity index (χ0v) is 7.23. The Morgan fingerprint density at radius 3 is 2.31 bits per heavy atom. The molecule has 72 valence electrons. The van der Waals surface area contributed by atoms with Gasteiger partial charge in [0, 0.05) is 12.0 Å². The van der Waals surface area contributed by atoms with Gasteiger partial charge in [-0.2, -0.15) is 0 Å². The van der Waals surface area contributed by atoms with E-state index < -0.39 is 11.9 Å². The zero-order valence-electron chi connectivity index (χ0n) is 7.23. The van der Waals surface area contributed by atoms with E-state index in [1.807, 2.05) is 0 Å². The molecule has 4 heteroatoms. The summed E-state index contributed by atoms with van der Waals surface area (Å²) >= 11 is 0. The molecule has 0 bridgehead atoms. The van der Waals surface area contributed by atoms with Crippen molar-refractivity contribution in [3.8, 4) is 17.2 Å². The van der Waals surface area contributed by atoms with E-state index in [0.717, 1.165) is 0 Å². The summed E-state index contributed by atoms with van der Waals surface area (Å²) < 4.78 is 0. The first-order valence-corrected chi connectivity index (χ1v) is 3.93. The number of aliphatic hydroxyl groups excluding tert-OH is 1. The molecule has 4 N–H and O–H groups in total. The lowest BCUT2D eigenvalue weighted by atomic mass is 10.1. The maximum absolute atomic E-state index is 9.31. The quantitative estimate of drug-likeness (QED) is 0.511. The molecule has 0 fully saturated rings. The van der Waals surface area contributed by atoms with E-state index >= 15 is 0 Å². The third-order valence-corrected chi connectivity index (χ3v) is 1.73. The molecule has 0 amide bonds. The van der Waals surface area contributed by atoms with Crippen LogP contribution < -0.4 is 0 Å². The van der Waals surface area contributed by atoms with Crippen molar-refractivity contribution < 1.29 is 20.4 Å². The fourth-order valence-corrected chi connectivity index (χ4v) is 1.09. The summed E-state index contributed by atoms with van der Waals surface area (Å²) in [5, 5.41) is 36.4. The van der Waals surface area contributed by atoms with Crippen LogP contribution in [0.2, 0.25) is 0 Å². The van der Waals surface area contributed by atoms with Crippen molar-refractivity contribution in [3.63, 3.8) is 0 Å². The van der Waals surface area contributed by atoms with E-state index in [2.05, 4.69) is 0 Å². The number of rotatable bonds is 2. The van der Waals surface area contributed by atoms with Crippen LogP contribution in [0, 0.1) is 0 Å². The molecule has 0 spiro atoms. The molecule has 1 aromatic carbocycles. The first-order chi connectivity index (χ1) is 6.02. The van der Waals surface area contributed by atoms with Gasteiger partial charge in [-0.05, 0) is 13.0 Å². The highest BCUT2D eigenvalue weighted by atomic mass is 16.3. The molecule has 1 rings (SSSR count). The normalized spacial score (nSPS) is 12.8. The molecule has 0 saturated heterocycles. The summed E-state index contributed by atoms with van der Waals surface area (Å²) in [5.74, 6) is -1.29. The Hall–Kier alpha value is -1.42. The third kappa shape index (κ3) is 2.03. The standard InChI is InChI=1S/C9H12O4/c1-5(10)4-6-2-3-7(11)9(13)8(6)12/h2-3,5,10-13H,4H2,1H3/t5-/m1/s1. The lowest BCUT2D eigenvalue weighted by Crippen LogP contribution is -2.04. The molecule has 0 aromatic heterocycles. The summed E-state index contributed by atoms with van der Waals surface area (Å²) in [6.45, 7) is 1.57. The number of aliphatic hydroxyl groups is 1. The Kier molecular flexibility index (Phi) is 2.63. The van der Waals surface area contributed by atoms with Crippen LogP contribution in [0.15, 0.2) is 12.1 Å². The highest BCUT2D eigenvalue weighted by Gasteiger charge is 2.11. The van der Waals surface area contributed by atoms with E-state index in [0.29, 0.717) is 5.56 Å². The second-order valence-electron chi connectivity index (χ2n) is 2.99. The van der Waals surface area contributed by atoms with Crippen LogP contribution in [0.1, 0.15) is 12.5 Å². The Balaban J connectivity index is 3.04. The van der Waals surface area contributed by atoms with Gasteiger partial charge < -0.3 is 20.4 Å². The maximum Gasteiger partial charge on any atom is 0.200 e. The smallest absolute Gasteiger partial charge is 0.200 e. The lowest BCUT2D eigenvalue weighted by Gasteiger charge is -2.08. The van der Waals surface area contributed by atoms with Gasteiger partial charge in [-0.3, -0.25) is 0 Å². The molecular weight excluding hydrogens is 172 g/mol. The molecule has 4 nitrogen and oxygen atoms in total. The van der Waals surface area contributed by atoms with Crippen LogP contribution in [-0.2, 0) is 6.42 Å². The van der Waals surface area contributed by atoms with Gasteiger partial charge in [-0.15, -0.1) is 0 Å². The molecule has 1 aromatic rings. The van der Waals surface area contributed by atoms with Crippen molar-refractivity contribution in [2.75, 3.05) is 0 Å². The van der Waals surface area contributed by atoms with E-state index in [-0.39, 0.29) is 17.9 Å². The van der Waals surface area contributed by atoms with Gasteiger partial charge in [-0.1, -0.05) is 6.07 Å². The molecule has 0 radical (unpaired) electrons. The number of aromatic hydroxyl groups is 3. The molecule has 0 aliphatic rings. The predicted molar refractivity (Wildman–Crippen MR) is 46.8 cm³/mol. The fraction of sp³-hybridized carbons (Fsp3) is 0.333. The molecule has 0 unspecified atom stereocenters. The number of phenolic OH excluding ortho intramolecular Hbond substituents is 3. The number of benzene rings is 1. The average Bonchev–Trinajstić information content (AvgIpc) is 2.06.